The van der Waals surface area contributed by atoms with Crippen LogP contribution in [0.5, 0.6) is 0 Å². The van der Waals surface area contributed by atoms with Crippen molar-refractivity contribution in [1.82, 2.24) is 14.5 Å². The zero-order valence-electron chi connectivity index (χ0n) is 14.4. The van der Waals surface area contributed by atoms with Crippen LogP contribution in [-0.4, -0.2) is 59.2 Å². The molecule has 2 saturated heterocycles. The maximum atomic E-state index is 12.4. The van der Waals surface area contributed by atoms with Crippen molar-refractivity contribution in [1.29, 1.82) is 0 Å². The molecule has 0 aliphatic carbocycles. The van der Waals surface area contributed by atoms with Gasteiger partial charge in [0.1, 0.15) is 6.10 Å². The molecule has 4 rings (SSSR count). The topological polar surface area (TPSA) is 67.7 Å². The Morgan fingerprint density at radius 3 is 2.76 bits per heavy atom. The van der Waals surface area contributed by atoms with Crippen molar-refractivity contribution >= 4 is 22.5 Å². The Hall–Kier alpha value is -2.41. The summed E-state index contributed by atoms with van der Waals surface area (Å²) in [5.41, 5.74) is 1.71. The van der Waals surface area contributed by atoms with Gasteiger partial charge in [0, 0.05) is 45.5 Å². The number of aryl methyl sites for hydroxylation is 1. The highest BCUT2D eigenvalue weighted by atomic mass is 16.5. The van der Waals surface area contributed by atoms with Gasteiger partial charge in [-0.05, 0) is 31.0 Å². The van der Waals surface area contributed by atoms with Crippen molar-refractivity contribution in [3.05, 3.63) is 34.9 Å². The largest absolute Gasteiger partial charge is 0.368 e. The molecule has 1 aromatic carbocycles. The van der Waals surface area contributed by atoms with Crippen LogP contribution in [0.2, 0.25) is 0 Å². The molecular weight excluding hydrogens is 320 g/mol. The highest BCUT2D eigenvalue weighted by molar-refractivity contribution is 5.82. The number of hydrogen-bond donors (Lipinski definition) is 0. The number of nitrogens with zero attached hydrogens (tertiary/aromatic N) is 4. The maximum Gasteiger partial charge on any atom is 0.260 e. The first kappa shape index (κ1) is 16.1. The molecule has 2 fully saturated rings. The van der Waals surface area contributed by atoms with Crippen molar-refractivity contribution < 1.29 is 9.53 Å². The second-order valence-electron chi connectivity index (χ2n) is 6.68. The summed E-state index contributed by atoms with van der Waals surface area (Å²) >= 11 is 0. The number of hydrogen-bond acceptors (Lipinski definition) is 5. The summed E-state index contributed by atoms with van der Waals surface area (Å²) in [5, 5.41) is 0.626. The van der Waals surface area contributed by atoms with E-state index in [1.807, 2.05) is 23.1 Å². The van der Waals surface area contributed by atoms with Gasteiger partial charge in [-0.15, -0.1) is 0 Å². The Balaban J connectivity index is 1.47. The second-order valence-corrected chi connectivity index (χ2v) is 6.68. The molecule has 1 aromatic heterocycles. The lowest BCUT2D eigenvalue weighted by Gasteiger charge is -2.37. The van der Waals surface area contributed by atoms with E-state index in [2.05, 4.69) is 9.88 Å². The van der Waals surface area contributed by atoms with Crippen LogP contribution in [0, 0.1) is 0 Å². The van der Waals surface area contributed by atoms with E-state index in [4.69, 9.17) is 4.74 Å². The summed E-state index contributed by atoms with van der Waals surface area (Å²) in [6.45, 7) is 3.63. The zero-order chi connectivity index (χ0) is 17.4. The van der Waals surface area contributed by atoms with Gasteiger partial charge >= 0.3 is 0 Å². The third kappa shape index (κ3) is 3.00. The molecule has 0 spiro atoms. The van der Waals surface area contributed by atoms with E-state index in [9.17, 15) is 9.59 Å². The molecular formula is C18H22N4O3. The molecule has 1 atom stereocenters. The second kappa shape index (κ2) is 6.48. The number of anilines is 1. The lowest BCUT2D eigenvalue weighted by molar-refractivity contribution is -0.141. The van der Waals surface area contributed by atoms with Gasteiger partial charge in [0.15, 0.2) is 0 Å². The third-order valence-electron chi connectivity index (χ3n) is 5.06. The van der Waals surface area contributed by atoms with Crippen molar-refractivity contribution in [2.24, 2.45) is 7.05 Å². The molecule has 0 N–H and O–H groups in total. The molecule has 0 bridgehead atoms. The Labute approximate surface area is 145 Å². The summed E-state index contributed by atoms with van der Waals surface area (Å²) < 4.78 is 6.99. The molecule has 2 aromatic rings. The van der Waals surface area contributed by atoms with Gasteiger partial charge in [0.2, 0.25) is 0 Å². The lowest BCUT2D eigenvalue weighted by atomic mass is 10.1. The minimum atomic E-state index is -0.243. The van der Waals surface area contributed by atoms with Gasteiger partial charge in [-0.25, -0.2) is 4.98 Å². The number of carbonyl (C=O) groups is 1. The summed E-state index contributed by atoms with van der Waals surface area (Å²) in [4.78, 5) is 33.0. The van der Waals surface area contributed by atoms with Gasteiger partial charge in [-0.1, -0.05) is 0 Å². The fraction of sp³-hybridized carbons (Fsp3) is 0.500. The Morgan fingerprint density at radius 2 is 2.04 bits per heavy atom. The molecule has 132 valence electrons. The van der Waals surface area contributed by atoms with E-state index in [0.29, 0.717) is 30.6 Å². The monoisotopic (exact) mass is 342 g/mol. The standard InChI is InChI=1S/C18H22N4O3/c1-20-12-19-15-11-13(4-5-14(15)17(20)23)21-6-8-22(9-7-21)18(24)16-3-2-10-25-16/h4-5,11-12,16H,2-3,6-10H2,1H3. The molecule has 2 aliphatic rings. The fourth-order valence-electron chi connectivity index (χ4n) is 3.56. The van der Waals surface area contributed by atoms with E-state index in [1.54, 1.807) is 13.4 Å². The molecule has 3 heterocycles. The first-order chi connectivity index (χ1) is 12.1. The highest BCUT2D eigenvalue weighted by Crippen LogP contribution is 2.21. The zero-order valence-corrected chi connectivity index (χ0v) is 14.4. The molecule has 1 unspecified atom stereocenters. The first-order valence-electron chi connectivity index (χ1n) is 8.74. The number of fused-ring (bicyclic) bond motifs is 1. The average Bonchev–Trinajstić information content (AvgIpc) is 3.19. The molecule has 0 radical (unpaired) electrons. The van der Waals surface area contributed by atoms with Crippen LogP contribution >= 0.6 is 0 Å². The minimum absolute atomic E-state index is 0.0384. The van der Waals surface area contributed by atoms with Crippen LogP contribution in [0.1, 0.15) is 12.8 Å². The van der Waals surface area contributed by atoms with Crippen molar-refractivity contribution in [2.45, 2.75) is 18.9 Å². The molecule has 25 heavy (non-hydrogen) atoms. The molecule has 2 aliphatic heterocycles. The molecule has 7 nitrogen and oxygen atoms in total. The van der Waals surface area contributed by atoms with E-state index in [0.717, 1.165) is 31.6 Å². The summed E-state index contributed by atoms with van der Waals surface area (Å²) in [6, 6.07) is 5.75. The van der Waals surface area contributed by atoms with Crippen LogP contribution in [0.3, 0.4) is 0 Å². The average molecular weight is 342 g/mol. The quantitative estimate of drug-likeness (QED) is 0.806. The summed E-state index contributed by atoms with van der Waals surface area (Å²) in [5.74, 6) is 0.126. The van der Waals surface area contributed by atoms with Crippen LogP contribution in [-0.2, 0) is 16.6 Å². The number of amides is 1. The number of aromatic nitrogens is 2. The van der Waals surface area contributed by atoms with Crippen molar-refractivity contribution in [2.75, 3.05) is 37.7 Å². The van der Waals surface area contributed by atoms with Crippen molar-refractivity contribution in [3.8, 4) is 0 Å². The third-order valence-corrected chi connectivity index (χ3v) is 5.06. The van der Waals surface area contributed by atoms with Gasteiger partial charge < -0.3 is 19.1 Å². The van der Waals surface area contributed by atoms with E-state index < -0.39 is 0 Å². The SMILES string of the molecule is Cn1cnc2cc(N3CCN(C(=O)C4CCCO4)CC3)ccc2c1=O. The lowest BCUT2D eigenvalue weighted by Crippen LogP contribution is -2.51. The number of rotatable bonds is 2. The van der Waals surface area contributed by atoms with E-state index >= 15 is 0 Å². The van der Waals surface area contributed by atoms with Crippen LogP contribution in [0.15, 0.2) is 29.3 Å². The molecule has 0 saturated carbocycles. The normalized spacial score (nSPS) is 21.1. The molecule has 7 heteroatoms. The smallest absolute Gasteiger partial charge is 0.260 e. The van der Waals surface area contributed by atoms with Gasteiger partial charge in [0.25, 0.3) is 11.5 Å². The number of carbonyl (C=O) groups excluding carboxylic acids is 1. The van der Waals surface area contributed by atoms with E-state index in [1.165, 1.54) is 4.57 Å². The summed E-state index contributed by atoms with van der Waals surface area (Å²) in [6.07, 6.45) is 3.12. The minimum Gasteiger partial charge on any atom is -0.368 e. The van der Waals surface area contributed by atoms with Crippen LogP contribution in [0.25, 0.3) is 10.9 Å². The van der Waals surface area contributed by atoms with Crippen LogP contribution in [0.4, 0.5) is 5.69 Å². The highest BCUT2D eigenvalue weighted by Gasteiger charge is 2.30. The van der Waals surface area contributed by atoms with E-state index in [-0.39, 0.29) is 17.6 Å². The van der Waals surface area contributed by atoms with Gasteiger partial charge in [-0.3, -0.25) is 9.59 Å². The number of benzene rings is 1. The van der Waals surface area contributed by atoms with Gasteiger partial charge in [0.05, 0.1) is 17.2 Å². The van der Waals surface area contributed by atoms with Crippen molar-refractivity contribution in [3.63, 3.8) is 0 Å². The number of piperazine rings is 1. The molecule has 1 amide bonds. The Morgan fingerprint density at radius 1 is 1.24 bits per heavy atom. The Bertz CT molecular complexity index is 849. The fourth-order valence-corrected chi connectivity index (χ4v) is 3.56. The van der Waals surface area contributed by atoms with Crippen LogP contribution < -0.4 is 10.5 Å². The maximum absolute atomic E-state index is 12.4. The predicted octanol–water partition coefficient (Wildman–Crippen LogP) is 0.761. The predicted molar refractivity (Wildman–Crippen MR) is 94.8 cm³/mol. The van der Waals surface area contributed by atoms with Gasteiger partial charge in [-0.2, -0.15) is 0 Å². The first-order valence-corrected chi connectivity index (χ1v) is 8.74. The Kier molecular flexibility index (Phi) is 4.17. The number of ether oxygens (including phenoxy) is 1. The summed E-state index contributed by atoms with van der Waals surface area (Å²) in [7, 11) is 1.70.